The van der Waals surface area contributed by atoms with Crippen molar-refractivity contribution in [3.05, 3.63) is 76.4 Å². The van der Waals surface area contributed by atoms with Crippen molar-refractivity contribution in [1.29, 1.82) is 0 Å². The monoisotopic (exact) mass is 360 g/mol. The molecule has 0 spiro atoms. The number of carbonyl (C=O) groups is 1. The number of aryl methyl sites for hydroxylation is 1. The fourth-order valence-electron chi connectivity index (χ4n) is 3.64. The molecule has 0 aromatic heterocycles. The number of benzene rings is 2. The van der Waals surface area contributed by atoms with E-state index in [1.54, 1.807) is 7.11 Å². The maximum atomic E-state index is 13.2. The molecule has 2 aromatic rings. The number of ketones is 1. The number of methoxy groups -OCH3 is 1. The van der Waals surface area contributed by atoms with Crippen LogP contribution in [0.5, 0.6) is 5.75 Å². The van der Waals surface area contributed by atoms with Crippen LogP contribution in [0.1, 0.15) is 43.4 Å². The molecule has 1 aliphatic carbocycles. The first-order chi connectivity index (χ1) is 13.0. The highest BCUT2D eigenvalue weighted by molar-refractivity contribution is 6.14. The Hall–Kier alpha value is -2.61. The molecule has 3 rings (SSSR count). The van der Waals surface area contributed by atoms with Crippen LogP contribution in [0.2, 0.25) is 0 Å². The maximum Gasteiger partial charge on any atom is 0.185 e. The first-order valence-corrected chi connectivity index (χ1v) is 9.63. The topological polar surface area (TPSA) is 26.3 Å². The van der Waals surface area contributed by atoms with Gasteiger partial charge in [-0.15, -0.1) is 0 Å². The van der Waals surface area contributed by atoms with Crippen LogP contribution in [0.25, 0.3) is 12.2 Å². The van der Waals surface area contributed by atoms with Gasteiger partial charge in [-0.2, -0.15) is 0 Å². The van der Waals surface area contributed by atoms with Crippen LogP contribution in [0.4, 0.5) is 0 Å². The van der Waals surface area contributed by atoms with Crippen molar-refractivity contribution in [3.8, 4) is 5.75 Å². The van der Waals surface area contributed by atoms with Crippen LogP contribution >= 0.6 is 0 Å². The number of ether oxygens (including phenoxy) is 1. The molecule has 1 aliphatic rings. The van der Waals surface area contributed by atoms with Crippen LogP contribution in [-0.4, -0.2) is 12.9 Å². The molecule has 0 amide bonds. The molecule has 1 unspecified atom stereocenters. The number of rotatable bonds is 4. The second-order valence-electron chi connectivity index (χ2n) is 7.77. The average molecular weight is 360 g/mol. The summed E-state index contributed by atoms with van der Waals surface area (Å²) in [6.45, 7) is 6.57. The fourth-order valence-corrected chi connectivity index (χ4v) is 3.64. The van der Waals surface area contributed by atoms with E-state index in [0.717, 1.165) is 40.9 Å². The molecule has 0 saturated heterocycles. The summed E-state index contributed by atoms with van der Waals surface area (Å²) >= 11 is 0. The van der Waals surface area contributed by atoms with E-state index in [-0.39, 0.29) is 5.78 Å². The molecule has 0 heterocycles. The highest BCUT2D eigenvalue weighted by Crippen LogP contribution is 2.36. The van der Waals surface area contributed by atoms with Crippen LogP contribution in [0.15, 0.2) is 59.7 Å². The van der Waals surface area contributed by atoms with E-state index in [1.165, 1.54) is 5.56 Å². The summed E-state index contributed by atoms with van der Waals surface area (Å²) < 4.78 is 5.32. The Morgan fingerprint density at radius 1 is 0.963 bits per heavy atom. The zero-order chi connectivity index (χ0) is 19.4. The van der Waals surface area contributed by atoms with Gasteiger partial charge in [0.2, 0.25) is 0 Å². The van der Waals surface area contributed by atoms with E-state index in [4.69, 9.17) is 4.74 Å². The Morgan fingerprint density at radius 3 is 2.11 bits per heavy atom. The first-order valence-electron chi connectivity index (χ1n) is 9.63. The molecule has 0 N–H and O–H groups in total. The summed E-state index contributed by atoms with van der Waals surface area (Å²) in [7, 11) is 1.66. The molecule has 1 fully saturated rings. The molecule has 2 heteroatoms. The van der Waals surface area contributed by atoms with Gasteiger partial charge in [-0.05, 0) is 67.0 Å². The Bertz CT molecular complexity index is 887. The molecule has 140 valence electrons. The van der Waals surface area contributed by atoms with Crippen molar-refractivity contribution in [1.82, 2.24) is 0 Å². The minimum atomic E-state index is 0.177. The lowest BCUT2D eigenvalue weighted by atomic mass is 9.75. The third kappa shape index (κ3) is 4.77. The van der Waals surface area contributed by atoms with Gasteiger partial charge in [-0.1, -0.05) is 55.8 Å². The highest BCUT2D eigenvalue weighted by atomic mass is 16.5. The number of carbonyl (C=O) groups excluding carboxylic acids is 1. The average Bonchev–Trinajstić information content (AvgIpc) is 2.65. The second-order valence-corrected chi connectivity index (χ2v) is 7.77. The Labute approximate surface area is 162 Å². The molecule has 27 heavy (non-hydrogen) atoms. The normalized spacial score (nSPS) is 20.5. The SMILES string of the molecule is COc1cccc(/C=C2\CC(C(C)C)C/C(=C\c3cccc(C)c3)C2=O)c1. The van der Waals surface area contributed by atoms with Gasteiger partial charge in [-0.3, -0.25) is 4.79 Å². The molecule has 2 aromatic carbocycles. The maximum absolute atomic E-state index is 13.2. The summed E-state index contributed by atoms with van der Waals surface area (Å²) in [5.41, 5.74) is 5.13. The zero-order valence-corrected chi connectivity index (χ0v) is 16.7. The van der Waals surface area contributed by atoms with E-state index >= 15 is 0 Å². The predicted octanol–water partition coefficient (Wildman–Crippen LogP) is 6.11. The van der Waals surface area contributed by atoms with Crippen LogP contribution in [0.3, 0.4) is 0 Å². The van der Waals surface area contributed by atoms with E-state index in [2.05, 4.69) is 45.0 Å². The summed E-state index contributed by atoms with van der Waals surface area (Å²) in [5.74, 6) is 2.00. The molecule has 0 radical (unpaired) electrons. The van der Waals surface area contributed by atoms with Crippen molar-refractivity contribution < 1.29 is 9.53 Å². The Balaban J connectivity index is 1.98. The third-order valence-corrected chi connectivity index (χ3v) is 5.31. The summed E-state index contributed by atoms with van der Waals surface area (Å²) in [6.07, 6.45) is 5.78. The lowest BCUT2D eigenvalue weighted by Gasteiger charge is -2.28. The van der Waals surface area contributed by atoms with Crippen molar-refractivity contribution in [2.75, 3.05) is 7.11 Å². The van der Waals surface area contributed by atoms with Gasteiger partial charge >= 0.3 is 0 Å². The van der Waals surface area contributed by atoms with Crippen LogP contribution < -0.4 is 4.74 Å². The summed E-state index contributed by atoms with van der Waals surface area (Å²) in [5, 5.41) is 0. The molecule has 1 atom stereocenters. The number of hydrogen-bond acceptors (Lipinski definition) is 2. The minimum absolute atomic E-state index is 0.177. The quantitative estimate of drug-likeness (QED) is 0.615. The summed E-state index contributed by atoms with van der Waals surface area (Å²) in [6, 6.07) is 16.2. The van der Waals surface area contributed by atoms with Gasteiger partial charge in [-0.25, -0.2) is 0 Å². The lowest BCUT2D eigenvalue weighted by Crippen LogP contribution is -2.23. The van der Waals surface area contributed by atoms with Gasteiger partial charge in [0, 0.05) is 11.1 Å². The zero-order valence-electron chi connectivity index (χ0n) is 16.7. The number of Topliss-reactive ketones (excluding diaryl/α,β-unsaturated/α-hetero) is 1. The standard InChI is InChI=1S/C25H28O2/c1-17(2)21-15-22(12-19-8-5-7-18(3)11-19)25(26)23(16-21)13-20-9-6-10-24(14-20)27-4/h5-14,17,21H,15-16H2,1-4H3/b22-12+,23-13+. The predicted molar refractivity (Wildman–Crippen MR) is 113 cm³/mol. The van der Waals surface area contributed by atoms with Gasteiger partial charge in [0.05, 0.1) is 7.11 Å². The van der Waals surface area contributed by atoms with Gasteiger partial charge in [0.15, 0.2) is 5.78 Å². The number of allylic oxidation sites excluding steroid dienone is 2. The summed E-state index contributed by atoms with van der Waals surface area (Å²) in [4.78, 5) is 13.2. The van der Waals surface area contributed by atoms with Gasteiger partial charge < -0.3 is 4.74 Å². The van der Waals surface area contributed by atoms with Crippen molar-refractivity contribution >= 4 is 17.9 Å². The molecular formula is C25H28O2. The van der Waals surface area contributed by atoms with Crippen molar-refractivity contribution in [2.45, 2.75) is 33.6 Å². The van der Waals surface area contributed by atoms with Gasteiger partial charge in [0.1, 0.15) is 5.75 Å². The molecular weight excluding hydrogens is 332 g/mol. The molecule has 0 aliphatic heterocycles. The molecule has 0 bridgehead atoms. The fraction of sp³-hybridized carbons (Fsp3) is 0.320. The molecule has 2 nitrogen and oxygen atoms in total. The van der Waals surface area contributed by atoms with Crippen molar-refractivity contribution in [2.24, 2.45) is 11.8 Å². The lowest BCUT2D eigenvalue weighted by molar-refractivity contribution is -0.113. The van der Waals surface area contributed by atoms with E-state index < -0.39 is 0 Å². The smallest absolute Gasteiger partial charge is 0.185 e. The number of hydrogen-bond donors (Lipinski definition) is 0. The highest BCUT2D eigenvalue weighted by Gasteiger charge is 2.29. The first kappa shape index (κ1) is 19.2. The van der Waals surface area contributed by atoms with E-state index in [0.29, 0.717) is 11.8 Å². The van der Waals surface area contributed by atoms with E-state index in [9.17, 15) is 4.79 Å². The van der Waals surface area contributed by atoms with Crippen LogP contribution in [0, 0.1) is 18.8 Å². The second kappa shape index (κ2) is 8.39. The third-order valence-electron chi connectivity index (χ3n) is 5.31. The van der Waals surface area contributed by atoms with Crippen molar-refractivity contribution in [3.63, 3.8) is 0 Å². The Kier molecular flexibility index (Phi) is 5.95. The Morgan fingerprint density at radius 2 is 1.56 bits per heavy atom. The van der Waals surface area contributed by atoms with Crippen LogP contribution in [-0.2, 0) is 4.79 Å². The largest absolute Gasteiger partial charge is 0.497 e. The van der Waals surface area contributed by atoms with Gasteiger partial charge in [0.25, 0.3) is 0 Å². The molecule has 1 saturated carbocycles. The van der Waals surface area contributed by atoms with E-state index in [1.807, 2.05) is 36.4 Å². The minimum Gasteiger partial charge on any atom is -0.497 e.